The fourth-order valence-electron chi connectivity index (χ4n) is 4.62. The molecule has 1 aliphatic rings. The highest BCUT2D eigenvalue weighted by Gasteiger charge is 2.37. The van der Waals surface area contributed by atoms with Gasteiger partial charge < -0.3 is 29.1 Å². The quantitative estimate of drug-likeness (QED) is 0.297. The van der Waals surface area contributed by atoms with E-state index in [0.29, 0.717) is 36.6 Å². The van der Waals surface area contributed by atoms with Gasteiger partial charge in [0.05, 0.1) is 12.6 Å². The summed E-state index contributed by atoms with van der Waals surface area (Å²) >= 11 is 0. The Morgan fingerprint density at radius 2 is 1.61 bits per heavy atom. The number of halogens is 3. The van der Waals surface area contributed by atoms with E-state index in [2.05, 4.69) is 4.74 Å². The highest BCUT2D eigenvalue weighted by molar-refractivity contribution is 5.78. The number of ether oxygens (including phenoxy) is 3. The summed E-state index contributed by atoms with van der Waals surface area (Å²) in [6, 6.07) is 21.1. The normalized spacial score (nSPS) is 16.8. The number of carbonyl (C=O) groups excluding carboxylic acids is 1. The minimum atomic E-state index is -4.79. The van der Waals surface area contributed by atoms with E-state index >= 15 is 0 Å². The molecular formula is C30H31F3N2O6. The summed E-state index contributed by atoms with van der Waals surface area (Å²) in [6.07, 6.45) is -4.10. The van der Waals surface area contributed by atoms with E-state index in [0.717, 1.165) is 5.56 Å². The fraction of sp³-hybridized carbons (Fsp3) is 0.333. The fourth-order valence-corrected chi connectivity index (χ4v) is 4.62. The Labute approximate surface area is 235 Å². The molecular weight excluding hydrogens is 541 g/mol. The SMILES string of the molecule is CN1C(=O)N(Cc2cccc(OC(F)(F)F)c2)CC1CCOc1ccc(CC(C)(Oc2ccccc2)C(=O)O)cc1. The zero-order chi connectivity index (χ0) is 29.6. The average Bonchev–Trinajstić information content (AvgIpc) is 3.17. The molecule has 0 aliphatic carbocycles. The molecule has 3 aromatic rings. The predicted molar refractivity (Wildman–Crippen MR) is 144 cm³/mol. The van der Waals surface area contributed by atoms with E-state index in [1.807, 2.05) is 6.07 Å². The van der Waals surface area contributed by atoms with Gasteiger partial charge in [0.1, 0.15) is 17.2 Å². The molecule has 1 saturated heterocycles. The first-order valence-electron chi connectivity index (χ1n) is 13.0. The van der Waals surface area contributed by atoms with E-state index in [4.69, 9.17) is 9.47 Å². The van der Waals surface area contributed by atoms with Crippen molar-refractivity contribution in [2.24, 2.45) is 0 Å². The number of benzene rings is 3. The van der Waals surface area contributed by atoms with Crippen LogP contribution in [0.3, 0.4) is 0 Å². The second-order valence-corrected chi connectivity index (χ2v) is 10.0. The number of carboxylic acid groups (broad SMARTS) is 1. The molecule has 0 bridgehead atoms. The van der Waals surface area contributed by atoms with Gasteiger partial charge in [0, 0.05) is 33.0 Å². The van der Waals surface area contributed by atoms with Crippen LogP contribution in [0.2, 0.25) is 0 Å². The summed E-state index contributed by atoms with van der Waals surface area (Å²) in [7, 11) is 1.68. The van der Waals surface area contributed by atoms with Crippen LogP contribution >= 0.6 is 0 Å². The lowest BCUT2D eigenvalue weighted by molar-refractivity contribution is -0.274. The van der Waals surface area contributed by atoms with Gasteiger partial charge in [-0.15, -0.1) is 13.2 Å². The van der Waals surface area contributed by atoms with Crippen molar-refractivity contribution in [2.75, 3.05) is 20.2 Å². The first kappa shape index (κ1) is 29.6. The molecule has 1 aliphatic heterocycles. The Kier molecular flexibility index (Phi) is 8.95. The van der Waals surface area contributed by atoms with Gasteiger partial charge in [-0.25, -0.2) is 9.59 Å². The number of para-hydroxylation sites is 1. The number of alkyl halides is 3. The molecule has 1 heterocycles. The summed E-state index contributed by atoms with van der Waals surface area (Å²) in [5, 5.41) is 9.80. The van der Waals surface area contributed by atoms with Crippen LogP contribution in [-0.4, -0.2) is 65.1 Å². The van der Waals surface area contributed by atoms with Crippen LogP contribution in [0.25, 0.3) is 0 Å². The van der Waals surface area contributed by atoms with Gasteiger partial charge in [-0.3, -0.25) is 0 Å². The van der Waals surface area contributed by atoms with Crippen molar-refractivity contribution in [3.63, 3.8) is 0 Å². The number of aliphatic carboxylic acids is 1. The molecule has 8 nitrogen and oxygen atoms in total. The largest absolute Gasteiger partial charge is 0.573 e. The lowest BCUT2D eigenvalue weighted by atomic mass is 9.96. The molecule has 2 amide bonds. The molecule has 41 heavy (non-hydrogen) atoms. The van der Waals surface area contributed by atoms with Crippen molar-refractivity contribution in [3.05, 3.63) is 90.0 Å². The van der Waals surface area contributed by atoms with E-state index < -0.39 is 17.9 Å². The standard InChI is InChI=1S/C30H31F3N2O6/c1-29(27(36)37,40-25-8-4-3-5-9-25)18-21-11-13-24(14-12-21)39-16-15-23-20-35(28(38)34(23)2)19-22-7-6-10-26(17-22)41-30(31,32)33/h3-14,17,23H,15-16,18-20H2,1-2H3,(H,36,37). The number of hydrogen-bond donors (Lipinski definition) is 1. The number of nitrogens with zero attached hydrogens (tertiary/aromatic N) is 2. The van der Waals surface area contributed by atoms with Crippen molar-refractivity contribution in [2.45, 2.75) is 44.3 Å². The Hall–Kier alpha value is -4.41. The zero-order valence-corrected chi connectivity index (χ0v) is 22.6. The highest BCUT2D eigenvalue weighted by atomic mass is 19.4. The maximum absolute atomic E-state index is 12.7. The van der Waals surface area contributed by atoms with Crippen molar-refractivity contribution in [1.29, 1.82) is 0 Å². The van der Waals surface area contributed by atoms with Gasteiger partial charge >= 0.3 is 18.4 Å². The second-order valence-electron chi connectivity index (χ2n) is 10.0. The molecule has 0 spiro atoms. The van der Waals surface area contributed by atoms with Crippen molar-refractivity contribution in [3.8, 4) is 17.2 Å². The summed E-state index contributed by atoms with van der Waals surface area (Å²) in [6.45, 7) is 2.41. The number of urea groups is 1. The summed E-state index contributed by atoms with van der Waals surface area (Å²) in [5.74, 6) is -0.342. The zero-order valence-electron chi connectivity index (χ0n) is 22.6. The molecule has 1 N–H and O–H groups in total. The van der Waals surface area contributed by atoms with Gasteiger partial charge in [-0.1, -0.05) is 42.5 Å². The maximum Gasteiger partial charge on any atom is 0.573 e. The third-order valence-corrected chi connectivity index (χ3v) is 6.78. The van der Waals surface area contributed by atoms with Crippen LogP contribution in [0.4, 0.5) is 18.0 Å². The maximum atomic E-state index is 12.7. The lowest BCUT2D eigenvalue weighted by Crippen LogP contribution is -2.43. The second kappa shape index (κ2) is 12.4. The number of amides is 2. The average molecular weight is 573 g/mol. The van der Waals surface area contributed by atoms with Crippen LogP contribution in [0, 0.1) is 0 Å². The lowest BCUT2D eigenvalue weighted by Gasteiger charge is -2.26. The van der Waals surface area contributed by atoms with Crippen LogP contribution in [0.5, 0.6) is 17.2 Å². The predicted octanol–water partition coefficient (Wildman–Crippen LogP) is 5.76. The van der Waals surface area contributed by atoms with Crippen molar-refractivity contribution >= 4 is 12.0 Å². The van der Waals surface area contributed by atoms with E-state index in [9.17, 15) is 27.9 Å². The van der Waals surface area contributed by atoms with Crippen LogP contribution in [0.15, 0.2) is 78.9 Å². The third-order valence-electron chi connectivity index (χ3n) is 6.78. The Balaban J connectivity index is 1.28. The molecule has 11 heteroatoms. The Morgan fingerprint density at radius 1 is 0.927 bits per heavy atom. The van der Waals surface area contributed by atoms with Crippen LogP contribution < -0.4 is 14.2 Å². The minimum Gasteiger partial charge on any atom is -0.494 e. The first-order chi connectivity index (χ1) is 19.4. The number of hydrogen-bond acceptors (Lipinski definition) is 5. The minimum absolute atomic E-state index is 0.136. The number of carboxylic acids is 1. The number of likely N-dealkylation sites (N-methyl/N-ethyl adjacent to an activating group) is 1. The number of carbonyl (C=O) groups is 2. The molecule has 0 saturated carbocycles. The third kappa shape index (κ3) is 8.06. The summed E-state index contributed by atoms with van der Waals surface area (Å²) in [5.41, 5.74) is -0.166. The first-order valence-corrected chi connectivity index (χ1v) is 13.0. The summed E-state index contributed by atoms with van der Waals surface area (Å²) in [4.78, 5) is 27.9. The molecule has 0 aromatic heterocycles. The molecule has 0 radical (unpaired) electrons. The molecule has 3 aromatic carbocycles. The van der Waals surface area contributed by atoms with Crippen LogP contribution in [-0.2, 0) is 17.8 Å². The molecule has 2 unspecified atom stereocenters. The van der Waals surface area contributed by atoms with Gasteiger partial charge in [0.15, 0.2) is 0 Å². The number of rotatable bonds is 12. The Morgan fingerprint density at radius 3 is 2.27 bits per heavy atom. The van der Waals surface area contributed by atoms with Gasteiger partial charge in [-0.05, 0) is 54.4 Å². The highest BCUT2D eigenvalue weighted by Crippen LogP contribution is 2.27. The Bertz CT molecular complexity index is 1340. The van der Waals surface area contributed by atoms with Crippen molar-refractivity contribution < 1.29 is 42.1 Å². The van der Waals surface area contributed by atoms with Crippen LogP contribution in [0.1, 0.15) is 24.5 Å². The van der Waals surface area contributed by atoms with E-state index in [-0.39, 0.29) is 30.8 Å². The van der Waals surface area contributed by atoms with E-state index in [1.165, 1.54) is 25.1 Å². The van der Waals surface area contributed by atoms with E-state index in [1.54, 1.807) is 71.4 Å². The molecule has 218 valence electrons. The summed E-state index contributed by atoms with van der Waals surface area (Å²) < 4.78 is 53.3. The molecule has 4 rings (SSSR count). The molecule has 2 atom stereocenters. The van der Waals surface area contributed by atoms with Gasteiger partial charge in [0.25, 0.3) is 0 Å². The molecule has 1 fully saturated rings. The van der Waals surface area contributed by atoms with Gasteiger partial charge in [0.2, 0.25) is 5.60 Å². The topological polar surface area (TPSA) is 88.5 Å². The van der Waals surface area contributed by atoms with Gasteiger partial charge in [-0.2, -0.15) is 0 Å². The van der Waals surface area contributed by atoms with Crippen molar-refractivity contribution in [1.82, 2.24) is 9.80 Å². The monoisotopic (exact) mass is 572 g/mol. The smallest absolute Gasteiger partial charge is 0.494 e.